The van der Waals surface area contributed by atoms with Crippen molar-refractivity contribution in [3.8, 4) is 0 Å². The summed E-state index contributed by atoms with van der Waals surface area (Å²) in [4.78, 5) is 25.2. The summed E-state index contributed by atoms with van der Waals surface area (Å²) in [6.07, 6.45) is 1.25. The van der Waals surface area contributed by atoms with Crippen LogP contribution in [0.3, 0.4) is 0 Å². The number of benzene rings is 2. The fourth-order valence-corrected chi connectivity index (χ4v) is 3.99. The van der Waals surface area contributed by atoms with Gasteiger partial charge in [0.2, 0.25) is 15.9 Å². The first-order valence-electron chi connectivity index (χ1n) is 10.4. The molecule has 0 aliphatic carbocycles. The molecule has 0 saturated carbocycles. The molecule has 0 aromatic heterocycles. The van der Waals surface area contributed by atoms with Gasteiger partial charge in [0.05, 0.1) is 29.4 Å². The molecule has 2 rings (SSSR count). The number of halogens is 1. The van der Waals surface area contributed by atoms with E-state index in [9.17, 15) is 22.4 Å². The molecule has 7 nitrogen and oxygen atoms in total. The van der Waals surface area contributed by atoms with E-state index in [0.29, 0.717) is 6.42 Å². The monoisotopic (exact) mass is 478 g/mol. The molecule has 2 aromatic rings. The lowest BCUT2D eigenvalue weighted by Crippen LogP contribution is -2.48. The number of primary amides is 1. The number of anilines is 1. The summed E-state index contributed by atoms with van der Waals surface area (Å²) in [5.74, 6) is -2.63. The van der Waals surface area contributed by atoms with Gasteiger partial charge in [-0.05, 0) is 57.4 Å². The Bertz CT molecular complexity index is 1110. The third-order valence-electron chi connectivity index (χ3n) is 5.55. The van der Waals surface area contributed by atoms with Crippen LogP contribution in [0.15, 0.2) is 48.5 Å². The van der Waals surface area contributed by atoms with Crippen LogP contribution in [-0.2, 0) is 36.2 Å². The molecule has 2 atom stereocenters. The summed E-state index contributed by atoms with van der Waals surface area (Å²) in [5, 5.41) is 0. The van der Waals surface area contributed by atoms with Crippen LogP contribution in [0.4, 0.5) is 10.1 Å². The number of amides is 1. The van der Waals surface area contributed by atoms with E-state index in [1.807, 2.05) is 30.3 Å². The molecule has 0 aliphatic heterocycles. The molecule has 0 radical (unpaired) electrons. The molecule has 180 valence electrons. The van der Waals surface area contributed by atoms with Crippen molar-refractivity contribution in [2.24, 2.45) is 17.1 Å². The zero-order valence-corrected chi connectivity index (χ0v) is 20.3. The van der Waals surface area contributed by atoms with Crippen molar-refractivity contribution in [1.29, 1.82) is 0 Å². The summed E-state index contributed by atoms with van der Waals surface area (Å²) >= 11 is 0. The molecule has 0 fully saturated rings. The third-order valence-corrected chi connectivity index (χ3v) is 6.14. The van der Waals surface area contributed by atoms with E-state index < -0.39 is 44.5 Å². The van der Waals surface area contributed by atoms with Crippen LogP contribution < -0.4 is 10.5 Å². The highest BCUT2D eigenvalue weighted by atomic mass is 32.2. The zero-order chi connectivity index (χ0) is 25.0. The van der Waals surface area contributed by atoms with Crippen molar-refractivity contribution in [2.45, 2.75) is 39.5 Å². The molecular formula is C24H31FN2O5S. The Morgan fingerprint density at radius 1 is 1.09 bits per heavy atom. The van der Waals surface area contributed by atoms with E-state index in [1.165, 1.54) is 12.1 Å². The Kier molecular flexibility index (Phi) is 7.90. The maximum absolute atomic E-state index is 14.8. The number of ether oxygens (including phenoxy) is 1. The number of carbonyl (C=O) groups excluding carboxylic acids is 2. The van der Waals surface area contributed by atoms with Crippen molar-refractivity contribution < 1.29 is 27.1 Å². The molecular weight excluding hydrogens is 447 g/mol. The minimum atomic E-state index is -3.69. The molecule has 2 aromatic carbocycles. The van der Waals surface area contributed by atoms with Crippen LogP contribution in [0.25, 0.3) is 0 Å². The first-order valence-corrected chi connectivity index (χ1v) is 12.3. The van der Waals surface area contributed by atoms with Gasteiger partial charge in [0, 0.05) is 5.92 Å². The van der Waals surface area contributed by atoms with Crippen LogP contribution in [0.5, 0.6) is 0 Å². The molecule has 0 heterocycles. The smallest absolute Gasteiger partial charge is 0.311 e. The number of nitrogens with two attached hydrogens (primary N) is 1. The standard InChI is InChI=1S/C24H31FN2O5S/c1-23(2,3)22(29)32-15-18(13-16-9-7-6-8-10-16)24(4,21(26)28)17-11-12-20(19(25)14-17)27-33(5,30)31/h6-12,14,18,27H,13,15H2,1-5H3,(H2,26,28)/t18-,24+/m1/s1. The first kappa shape index (κ1) is 26.3. The summed E-state index contributed by atoms with van der Waals surface area (Å²) in [7, 11) is -3.69. The molecule has 1 amide bonds. The second-order valence-electron chi connectivity index (χ2n) is 9.37. The maximum Gasteiger partial charge on any atom is 0.311 e. The number of hydrogen-bond donors (Lipinski definition) is 2. The van der Waals surface area contributed by atoms with Crippen molar-refractivity contribution in [3.63, 3.8) is 0 Å². The van der Waals surface area contributed by atoms with Crippen molar-refractivity contribution in [1.82, 2.24) is 0 Å². The van der Waals surface area contributed by atoms with Gasteiger partial charge in [0.1, 0.15) is 5.82 Å². The summed E-state index contributed by atoms with van der Waals surface area (Å²) < 4.78 is 45.4. The molecule has 0 aliphatic rings. The summed E-state index contributed by atoms with van der Waals surface area (Å²) in [5.41, 5.74) is 4.56. The largest absolute Gasteiger partial charge is 0.465 e. The van der Waals surface area contributed by atoms with Crippen molar-refractivity contribution in [2.75, 3.05) is 17.6 Å². The molecule has 9 heteroatoms. The zero-order valence-electron chi connectivity index (χ0n) is 19.5. The Morgan fingerprint density at radius 3 is 2.18 bits per heavy atom. The van der Waals surface area contributed by atoms with Gasteiger partial charge < -0.3 is 10.5 Å². The van der Waals surface area contributed by atoms with Crippen LogP contribution in [-0.4, -0.2) is 33.2 Å². The van der Waals surface area contributed by atoms with Crippen molar-refractivity contribution >= 4 is 27.6 Å². The van der Waals surface area contributed by atoms with E-state index in [4.69, 9.17) is 10.5 Å². The average molecular weight is 479 g/mol. The predicted molar refractivity (Wildman–Crippen MR) is 125 cm³/mol. The molecule has 0 spiro atoms. The number of sulfonamides is 1. The van der Waals surface area contributed by atoms with Crippen LogP contribution in [0, 0.1) is 17.2 Å². The van der Waals surface area contributed by atoms with Gasteiger partial charge in [-0.2, -0.15) is 0 Å². The lowest BCUT2D eigenvalue weighted by Gasteiger charge is -2.36. The maximum atomic E-state index is 14.8. The van der Waals surface area contributed by atoms with E-state index in [1.54, 1.807) is 27.7 Å². The Hall–Kier alpha value is -2.94. The molecule has 33 heavy (non-hydrogen) atoms. The molecule has 0 saturated heterocycles. The Balaban J connectivity index is 2.51. The van der Waals surface area contributed by atoms with Gasteiger partial charge in [0.25, 0.3) is 0 Å². The average Bonchev–Trinajstić information content (AvgIpc) is 2.70. The highest BCUT2D eigenvalue weighted by Crippen LogP contribution is 2.37. The van der Waals surface area contributed by atoms with Crippen LogP contribution >= 0.6 is 0 Å². The second kappa shape index (κ2) is 9.91. The Morgan fingerprint density at radius 2 is 1.70 bits per heavy atom. The van der Waals surface area contributed by atoms with Gasteiger partial charge in [-0.25, -0.2) is 12.8 Å². The van der Waals surface area contributed by atoms with E-state index >= 15 is 0 Å². The number of rotatable bonds is 9. The fraction of sp³-hybridized carbons (Fsp3) is 0.417. The predicted octanol–water partition coefficient (Wildman–Crippen LogP) is 3.39. The third kappa shape index (κ3) is 6.77. The lowest BCUT2D eigenvalue weighted by atomic mass is 9.69. The van der Waals surface area contributed by atoms with Gasteiger partial charge in [-0.1, -0.05) is 36.4 Å². The SMILES string of the molecule is CC(C)(C)C(=O)OC[C@@H](Cc1ccccc1)[C@@](C)(C(N)=O)c1ccc(NS(C)(=O)=O)c(F)c1. The highest BCUT2D eigenvalue weighted by molar-refractivity contribution is 7.92. The summed E-state index contributed by atoms with van der Waals surface area (Å²) in [6, 6.07) is 13.1. The first-order chi connectivity index (χ1) is 15.1. The fourth-order valence-electron chi connectivity index (χ4n) is 3.42. The van der Waals surface area contributed by atoms with Crippen LogP contribution in [0.2, 0.25) is 0 Å². The highest BCUT2D eigenvalue weighted by Gasteiger charge is 2.43. The summed E-state index contributed by atoms with van der Waals surface area (Å²) in [6.45, 7) is 6.62. The van der Waals surface area contributed by atoms with Gasteiger partial charge in [-0.3, -0.25) is 14.3 Å². The Labute approximate surface area is 194 Å². The second-order valence-corrected chi connectivity index (χ2v) is 11.1. The van der Waals surface area contributed by atoms with Crippen molar-refractivity contribution in [3.05, 3.63) is 65.5 Å². The molecule has 3 N–H and O–H groups in total. The molecule has 0 bridgehead atoms. The van der Waals surface area contributed by atoms with E-state index in [0.717, 1.165) is 17.9 Å². The van der Waals surface area contributed by atoms with E-state index in [-0.39, 0.29) is 17.9 Å². The molecule has 0 unspecified atom stereocenters. The number of carbonyl (C=O) groups is 2. The van der Waals surface area contributed by atoms with Crippen LogP contribution in [0.1, 0.15) is 38.8 Å². The lowest BCUT2D eigenvalue weighted by molar-refractivity contribution is -0.156. The quantitative estimate of drug-likeness (QED) is 0.536. The number of nitrogens with one attached hydrogen (secondary N) is 1. The topological polar surface area (TPSA) is 116 Å². The minimum Gasteiger partial charge on any atom is -0.465 e. The number of hydrogen-bond acceptors (Lipinski definition) is 5. The van der Waals surface area contributed by atoms with E-state index in [2.05, 4.69) is 4.72 Å². The number of esters is 1. The van der Waals surface area contributed by atoms with Gasteiger partial charge in [-0.15, -0.1) is 0 Å². The van der Waals surface area contributed by atoms with Gasteiger partial charge in [0.15, 0.2) is 0 Å². The van der Waals surface area contributed by atoms with Gasteiger partial charge >= 0.3 is 5.97 Å². The normalized spacial score (nSPS) is 14.7. The minimum absolute atomic E-state index is 0.116.